The highest BCUT2D eigenvalue weighted by atomic mass is 16.5. The van der Waals surface area contributed by atoms with Crippen LogP contribution in [0, 0.1) is 0 Å². The molecule has 26 heavy (non-hydrogen) atoms. The average molecular weight is 350 g/mol. The molecule has 0 aliphatic rings. The first-order valence-corrected chi connectivity index (χ1v) is 7.99. The highest BCUT2D eigenvalue weighted by Crippen LogP contribution is 2.26. The summed E-state index contributed by atoms with van der Waals surface area (Å²) in [5.41, 5.74) is 1.34. The number of carbonyl (C=O) groups excluding carboxylic acids is 2. The van der Waals surface area contributed by atoms with Crippen molar-refractivity contribution >= 4 is 34.0 Å². The van der Waals surface area contributed by atoms with Crippen LogP contribution in [0.2, 0.25) is 0 Å². The normalized spacial score (nSPS) is 10.5. The Morgan fingerprint density at radius 1 is 0.923 bits per heavy atom. The number of benzene rings is 3. The van der Waals surface area contributed by atoms with Crippen LogP contribution in [0.4, 0.5) is 11.4 Å². The molecule has 3 rings (SSSR count). The number of phenols is 1. The molecule has 3 aromatic carbocycles. The number of nitrogens with one attached hydrogen (secondary N) is 2. The van der Waals surface area contributed by atoms with Crippen LogP contribution >= 0.6 is 0 Å². The number of aromatic hydroxyl groups is 1. The molecule has 3 N–H and O–H groups in total. The highest BCUT2D eigenvalue weighted by Gasteiger charge is 2.13. The topological polar surface area (TPSA) is 87.7 Å². The first-order valence-electron chi connectivity index (χ1n) is 7.99. The molecule has 0 fully saturated rings. The van der Waals surface area contributed by atoms with E-state index in [0.717, 1.165) is 10.8 Å². The van der Waals surface area contributed by atoms with E-state index in [2.05, 4.69) is 10.6 Å². The highest BCUT2D eigenvalue weighted by molar-refractivity contribution is 6.08. The summed E-state index contributed by atoms with van der Waals surface area (Å²) in [6.45, 7) is -0.0280. The van der Waals surface area contributed by atoms with Crippen molar-refractivity contribution in [1.82, 2.24) is 0 Å². The number of fused-ring (bicyclic) bond motifs is 1. The van der Waals surface area contributed by atoms with E-state index in [1.54, 1.807) is 36.4 Å². The van der Waals surface area contributed by atoms with Gasteiger partial charge in [0, 0.05) is 18.5 Å². The van der Waals surface area contributed by atoms with Gasteiger partial charge in [-0.15, -0.1) is 0 Å². The van der Waals surface area contributed by atoms with Crippen LogP contribution in [-0.4, -0.2) is 30.6 Å². The molecule has 0 aliphatic carbocycles. The Balaban J connectivity index is 1.73. The molecule has 2 amide bonds. The van der Waals surface area contributed by atoms with Crippen molar-refractivity contribution in [2.24, 2.45) is 0 Å². The fourth-order valence-corrected chi connectivity index (χ4v) is 2.57. The molecule has 0 atom stereocenters. The quantitative estimate of drug-likeness (QED) is 0.658. The summed E-state index contributed by atoms with van der Waals surface area (Å²) in [6, 6.07) is 17.4. The smallest absolute Gasteiger partial charge is 0.259 e. The maximum Gasteiger partial charge on any atom is 0.259 e. The molecule has 0 saturated carbocycles. The van der Waals surface area contributed by atoms with Crippen molar-refractivity contribution in [2.45, 2.75) is 0 Å². The Morgan fingerprint density at radius 2 is 1.50 bits per heavy atom. The number of anilines is 2. The first kappa shape index (κ1) is 17.4. The summed E-state index contributed by atoms with van der Waals surface area (Å²) in [5, 5.41) is 17.3. The summed E-state index contributed by atoms with van der Waals surface area (Å²) in [5.74, 6) is -0.751. The number of amides is 2. The van der Waals surface area contributed by atoms with Gasteiger partial charge in [0.2, 0.25) is 5.91 Å². The number of phenolic OH excluding ortho intramolecular Hbond substituents is 1. The molecule has 6 heteroatoms. The van der Waals surface area contributed by atoms with E-state index in [1.807, 2.05) is 24.3 Å². The third kappa shape index (κ3) is 3.99. The minimum absolute atomic E-state index is 0.0280. The maximum atomic E-state index is 12.5. The second-order valence-corrected chi connectivity index (χ2v) is 5.73. The largest absolute Gasteiger partial charge is 0.507 e. The van der Waals surface area contributed by atoms with E-state index in [1.165, 1.54) is 7.11 Å². The fraction of sp³-hybridized carbons (Fsp3) is 0.100. The van der Waals surface area contributed by atoms with Crippen LogP contribution in [0.3, 0.4) is 0 Å². The number of hydrogen-bond donors (Lipinski definition) is 3. The molecular weight excluding hydrogens is 332 g/mol. The molecule has 0 bridgehead atoms. The molecule has 6 nitrogen and oxygen atoms in total. The Labute approximate surface area is 150 Å². The SMILES string of the molecule is COCC(=O)Nc1ccc(NC(=O)c2cc3ccccc3cc2O)cc1. The molecule has 0 radical (unpaired) electrons. The number of ether oxygens (including phenoxy) is 1. The van der Waals surface area contributed by atoms with Gasteiger partial charge in [-0.1, -0.05) is 24.3 Å². The van der Waals surface area contributed by atoms with Crippen LogP contribution in [0.1, 0.15) is 10.4 Å². The molecular formula is C20H18N2O4. The van der Waals surface area contributed by atoms with Gasteiger partial charge in [-0.05, 0) is 47.2 Å². The van der Waals surface area contributed by atoms with E-state index in [0.29, 0.717) is 11.4 Å². The molecule has 132 valence electrons. The lowest BCUT2D eigenvalue weighted by molar-refractivity contribution is -0.119. The third-order valence-corrected chi connectivity index (χ3v) is 3.81. The van der Waals surface area contributed by atoms with Gasteiger partial charge in [0.1, 0.15) is 12.4 Å². The minimum Gasteiger partial charge on any atom is -0.507 e. The summed E-state index contributed by atoms with van der Waals surface area (Å²) < 4.78 is 4.75. The van der Waals surface area contributed by atoms with Crippen LogP contribution in [0.25, 0.3) is 10.8 Å². The molecule has 0 heterocycles. The van der Waals surface area contributed by atoms with Gasteiger partial charge in [0.25, 0.3) is 5.91 Å². The first-order chi connectivity index (χ1) is 12.6. The predicted octanol–water partition coefficient (Wildman–Crippen LogP) is 3.38. The van der Waals surface area contributed by atoms with Crippen LogP contribution in [0.5, 0.6) is 5.75 Å². The van der Waals surface area contributed by atoms with Crippen molar-refractivity contribution in [3.63, 3.8) is 0 Å². The lowest BCUT2D eigenvalue weighted by Gasteiger charge is -2.10. The molecule has 0 unspecified atom stereocenters. The standard InChI is InChI=1S/C20H18N2O4/c1-26-12-19(24)21-15-6-8-16(9-7-15)22-20(25)17-10-13-4-2-3-5-14(13)11-18(17)23/h2-11,23H,12H2,1H3,(H,21,24)(H,22,25). The van der Waals surface area contributed by atoms with Crippen molar-refractivity contribution < 1.29 is 19.4 Å². The van der Waals surface area contributed by atoms with E-state index in [4.69, 9.17) is 4.74 Å². The van der Waals surface area contributed by atoms with Gasteiger partial charge in [-0.2, -0.15) is 0 Å². The van der Waals surface area contributed by atoms with Crippen LogP contribution in [-0.2, 0) is 9.53 Å². The average Bonchev–Trinajstić information content (AvgIpc) is 2.63. The second kappa shape index (κ2) is 7.67. The number of rotatable bonds is 5. The van der Waals surface area contributed by atoms with Crippen molar-refractivity contribution in [1.29, 1.82) is 0 Å². The van der Waals surface area contributed by atoms with Gasteiger partial charge in [-0.25, -0.2) is 0 Å². The van der Waals surface area contributed by atoms with Gasteiger partial charge in [0.15, 0.2) is 0 Å². The van der Waals surface area contributed by atoms with E-state index in [-0.39, 0.29) is 23.8 Å². The zero-order valence-corrected chi connectivity index (χ0v) is 14.2. The Bertz CT molecular complexity index is 952. The predicted molar refractivity (Wildman–Crippen MR) is 101 cm³/mol. The Morgan fingerprint density at radius 3 is 2.12 bits per heavy atom. The monoisotopic (exact) mass is 350 g/mol. The maximum absolute atomic E-state index is 12.5. The number of hydrogen-bond acceptors (Lipinski definition) is 4. The second-order valence-electron chi connectivity index (χ2n) is 5.73. The zero-order chi connectivity index (χ0) is 18.5. The summed E-state index contributed by atoms with van der Waals surface area (Å²) in [7, 11) is 1.44. The van der Waals surface area contributed by atoms with Crippen molar-refractivity contribution in [3.05, 3.63) is 66.2 Å². The van der Waals surface area contributed by atoms with Crippen LogP contribution < -0.4 is 10.6 Å². The Hall–Kier alpha value is -3.38. The fourth-order valence-electron chi connectivity index (χ4n) is 2.57. The number of carbonyl (C=O) groups is 2. The Kier molecular flexibility index (Phi) is 5.15. The summed E-state index contributed by atoms with van der Waals surface area (Å²) in [4.78, 5) is 23.9. The lowest BCUT2D eigenvalue weighted by atomic mass is 10.1. The van der Waals surface area contributed by atoms with E-state index in [9.17, 15) is 14.7 Å². The molecule has 0 spiro atoms. The van der Waals surface area contributed by atoms with Crippen LogP contribution in [0.15, 0.2) is 60.7 Å². The van der Waals surface area contributed by atoms with Crippen molar-refractivity contribution in [2.75, 3.05) is 24.4 Å². The summed E-state index contributed by atoms with van der Waals surface area (Å²) in [6.07, 6.45) is 0. The lowest BCUT2D eigenvalue weighted by Crippen LogP contribution is -2.17. The zero-order valence-electron chi connectivity index (χ0n) is 14.2. The molecule has 0 aliphatic heterocycles. The molecule has 0 saturated heterocycles. The van der Waals surface area contributed by atoms with Gasteiger partial charge in [-0.3, -0.25) is 9.59 Å². The van der Waals surface area contributed by atoms with Gasteiger partial charge in [0.05, 0.1) is 5.56 Å². The summed E-state index contributed by atoms with van der Waals surface area (Å²) >= 11 is 0. The number of methoxy groups -OCH3 is 1. The van der Waals surface area contributed by atoms with E-state index >= 15 is 0 Å². The minimum atomic E-state index is -0.413. The van der Waals surface area contributed by atoms with Gasteiger partial charge >= 0.3 is 0 Å². The van der Waals surface area contributed by atoms with Gasteiger partial charge < -0.3 is 20.5 Å². The molecule has 0 aromatic heterocycles. The molecule has 3 aromatic rings. The van der Waals surface area contributed by atoms with Crippen molar-refractivity contribution in [3.8, 4) is 5.75 Å². The third-order valence-electron chi connectivity index (χ3n) is 3.81. The van der Waals surface area contributed by atoms with E-state index < -0.39 is 5.91 Å².